The van der Waals surface area contributed by atoms with Gasteiger partial charge in [0.1, 0.15) is 17.0 Å². The van der Waals surface area contributed by atoms with Crippen molar-refractivity contribution in [3.8, 4) is 0 Å². The van der Waals surface area contributed by atoms with Gasteiger partial charge >= 0.3 is 0 Å². The Balaban J connectivity index is 2.71. The van der Waals surface area contributed by atoms with Crippen molar-refractivity contribution in [3.05, 3.63) is 17.5 Å². The molecule has 2 rings (SSSR count). The Labute approximate surface area is 118 Å². The molecule has 0 aliphatic carbocycles. The Hall–Kier alpha value is -1.98. The van der Waals surface area contributed by atoms with Gasteiger partial charge in [-0.3, -0.25) is 4.79 Å². The number of nitrogens with one attached hydrogen (secondary N) is 2. The number of hydrogen-bond acceptors (Lipinski definition) is 3. The molecule has 2 heterocycles. The van der Waals surface area contributed by atoms with E-state index in [0.29, 0.717) is 11.2 Å². The van der Waals surface area contributed by atoms with Crippen LogP contribution in [0.5, 0.6) is 0 Å². The van der Waals surface area contributed by atoms with E-state index in [4.69, 9.17) is 5.73 Å². The fraction of sp³-hybridized carbons (Fsp3) is 0.571. The van der Waals surface area contributed by atoms with Gasteiger partial charge in [-0.25, -0.2) is 0 Å². The van der Waals surface area contributed by atoms with Crippen LogP contribution in [0.4, 0.5) is 5.82 Å². The van der Waals surface area contributed by atoms with Crippen molar-refractivity contribution >= 4 is 17.4 Å². The standard InChI is InChI=1S/C14H23N5O/c1-13(2,3)9-12(18-14(4,5)6)19-11(17-9)8(7-16-19)10(15)20/h7,17-18H,1-6H3,(H2,15,20). The molecule has 20 heavy (non-hydrogen) atoms. The average Bonchev–Trinajstić information content (AvgIpc) is 2.74. The first-order valence-electron chi connectivity index (χ1n) is 6.69. The summed E-state index contributed by atoms with van der Waals surface area (Å²) in [6.45, 7) is 12.6. The maximum Gasteiger partial charge on any atom is 0.254 e. The Kier molecular flexibility index (Phi) is 3.07. The van der Waals surface area contributed by atoms with E-state index < -0.39 is 5.91 Å². The summed E-state index contributed by atoms with van der Waals surface area (Å²) in [4.78, 5) is 14.8. The third-order valence-corrected chi connectivity index (χ3v) is 2.97. The Bertz CT molecular complexity index is 651. The maximum atomic E-state index is 11.5. The van der Waals surface area contributed by atoms with Crippen LogP contribution in [-0.2, 0) is 5.41 Å². The van der Waals surface area contributed by atoms with Crippen LogP contribution in [0.1, 0.15) is 57.6 Å². The first-order valence-corrected chi connectivity index (χ1v) is 6.69. The molecule has 110 valence electrons. The van der Waals surface area contributed by atoms with Crippen LogP contribution in [0.15, 0.2) is 6.20 Å². The monoisotopic (exact) mass is 277 g/mol. The highest BCUT2D eigenvalue weighted by Gasteiger charge is 2.27. The summed E-state index contributed by atoms with van der Waals surface area (Å²) in [6.07, 6.45) is 1.49. The van der Waals surface area contributed by atoms with E-state index in [1.54, 1.807) is 4.52 Å². The summed E-state index contributed by atoms with van der Waals surface area (Å²) in [5.41, 5.74) is 7.19. The quantitative estimate of drug-likeness (QED) is 0.786. The van der Waals surface area contributed by atoms with E-state index in [2.05, 4.69) is 56.9 Å². The van der Waals surface area contributed by atoms with Crippen molar-refractivity contribution in [2.45, 2.75) is 52.5 Å². The number of hydrogen-bond donors (Lipinski definition) is 3. The normalized spacial score (nSPS) is 12.9. The van der Waals surface area contributed by atoms with Gasteiger partial charge in [0.25, 0.3) is 5.91 Å². The second-order valence-corrected chi connectivity index (χ2v) is 7.16. The van der Waals surface area contributed by atoms with Gasteiger partial charge in [0.2, 0.25) is 0 Å². The summed E-state index contributed by atoms with van der Waals surface area (Å²) in [5, 5.41) is 7.73. The molecular formula is C14H23N5O. The number of imidazole rings is 1. The molecule has 6 heteroatoms. The molecule has 0 saturated carbocycles. The van der Waals surface area contributed by atoms with E-state index in [9.17, 15) is 4.79 Å². The van der Waals surface area contributed by atoms with Gasteiger partial charge in [0.15, 0.2) is 0 Å². The number of H-pyrrole nitrogens is 1. The van der Waals surface area contributed by atoms with Crippen LogP contribution >= 0.6 is 0 Å². The highest BCUT2D eigenvalue weighted by Crippen LogP contribution is 2.32. The summed E-state index contributed by atoms with van der Waals surface area (Å²) in [7, 11) is 0. The molecule has 0 aliphatic heterocycles. The number of anilines is 1. The number of carbonyl (C=O) groups excluding carboxylic acids is 1. The van der Waals surface area contributed by atoms with Crippen molar-refractivity contribution in [1.29, 1.82) is 0 Å². The molecule has 2 aromatic rings. The molecule has 4 N–H and O–H groups in total. The van der Waals surface area contributed by atoms with E-state index in [1.165, 1.54) is 6.20 Å². The van der Waals surface area contributed by atoms with Crippen LogP contribution in [0.2, 0.25) is 0 Å². The Morgan fingerprint density at radius 1 is 1.30 bits per heavy atom. The molecule has 0 radical (unpaired) electrons. The highest BCUT2D eigenvalue weighted by atomic mass is 16.1. The molecule has 0 fully saturated rings. The lowest BCUT2D eigenvalue weighted by Crippen LogP contribution is -2.29. The first-order chi connectivity index (χ1) is 9.00. The van der Waals surface area contributed by atoms with Crippen LogP contribution in [0, 0.1) is 0 Å². The molecular weight excluding hydrogens is 254 g/mol. The van der Waals surface area contributed by atoms with Gasteiger partial charge in [-0.05, 0) is 20.8 Å². The molecule has 0 aromatic carbocycles. The lowest BCUT2D eigenvalue weighted by molar-refractivity contribution is 0.100. The number of carbonyl (C=O) groups is 1. The van der Waals surface area contributed by atoms with Crippen LogP contribution in [0.3, 0.4) is 0 Å². The molecule has 0 saturated heterocycles. The first kappa shape index (κ1) is 14.4. The predicted molar refractivity (Wildman–Crippen MR) is 80.1 cm³/mol. The third-order valence-electron chi connectivity index (χ3n) is 2.97. The fourth-order valence-electron chi connectivity index (χ4n) is 2.12. The van der Waals surface area contributed by atoms with Gasteiger partial charge in [0, 0.05) is 11.0 Å². The number of amides is 1. The summed E-state index contributed by atoms with van der Waals surface area (Å²) < 4.78 is 1.71. The number of fused-ring (bicyclic) bond motifs is 1. The number of primary amides is 1. The molecule has 0 aliphatic rings. The van der Waals surface area contributed by atoms with Gasteiger partial charge in [-0.1, -0.05) is 20.8 Å². The minimum atomic E-state index is -0.482. The molecule has 2 aromatic heterocycles. The molecule has 1 amide bonds. The zero-order valence-corrected chi connectivity index (χ0v) is 13.0. The Morgan fingerprint density at radius 2 is 1.90 bits per heavy atom. The predicted octanol–water partition coefficient (Wildman–Crippen LogP) is 2.27. The second-order valence-electron chi connectivity index (χ2n) is 7.16. The van der Waals surface area contributed by atoms with E-state index in [1.807, 2.05) is 0 Å². The van der Waals surface area contributed by atoms with Gasteiger partial charge in [-0.2, -0.15) is 9.61 Å². The van der Waals surface area contributed by atoms with E-state index >= 15 is 0 Å². The maximum absolute atomic E-state index is 11.5. The molecule has 0 unspecified atom stereocenters. The second kappa shape index (κ2) is 4.26. The average molecular weight is 277 g/mol. The van der Waals surface area contributed by atoms with Gasteiger partial charge in [-0.15, -0.1) is 0 Å². The number of rotatable bonds is 2. The van der Waals surface area contributed by atoms with Crippen molar-refractivity contribution in [3.63, 3.8) is 0 Å². The summed E-state index contributed by atoms with van der Waals surface area (Å²) in [6, 6.07) is 0. The zero-order valence-electron chi connectivity index (χ0n) is 13.0. The SMILES string of the molecule is CC(C)(C)Nc1c(C(C)(C)C)[nH]c2c(C(N)=O)cnn12. The number of aromatic amines is 1. The lowest BCUT2D eigenvalue weighted by atomic mass is 9.91. The van der Waals surface area contributed by atoms with Crippen LogP contribution in [0.25, 0.3) is 5.65 Å². The molecule has 0 bridgehead atoms. The number of nitrogens with zero attached hydrogens (tertiary/aromatic N) is 2. The van der Waals surface area contributed by atoms with Crippen molar-refractivity contribution < 1.29 is 4.79 Å². The van der Waals surface area contributed by atoms with E-state index in [-0.39, 0.29) is 11.0 Å². The minimum absolute atomic E-state index is 0.108. The van der Waals surface area contributed by atoms with Crippen molar-refractivity contribution in [1.82, 2.24) is 14.6 Å². The summed E-state index contributed by atoms with van der Waals surface area (Å²) >= 11 is 0. The van der Waals surface area contributed by atoms with Gasteiger partial charge < -0.3 is 16.0 Å². The Morgan fingerprint density at radius 3 is 2.35 bits per heavy atom. The molecule has 6 nitrogen and oxygen atoms in total. The molecule has 0 spiro atoms. The topological polar surface area (TPSA) is 88.2 Å². The van der Waals surface area contributed by atoms with Crippen LogP contribution in [-0.4, -0.2) is 26.0 Å². The zero-order chi connectivity index (χ0) is 15.3. The van der Waals surface area contributed by atoms with Crippen molar-refractivity contribution in [2.75, 3.05) is 5.32 Å². The van der Waals surface area contributed by atoms with Gasteiger partial charge in [0.05, 0.1) is 11.9 Å². The highest BCUT2D eigenvalue weighted by molar-refractivity contribution is 5.99. The minimum Gasteiger partial charge on any atom is -0.365 e. The third kappa shape index (κ3) is 2.50. The lowest BCUT2D eigenvalue weighted by Gasteiger charge is -2.25. The van der Waals surface area contributed by atoms with Crippen molar-refractivity contribution in [2.24, 2.45) is 5.73 Å². The molecule has 0 atom stereocenters. The van der Waals surface area contributed by atoms with E-state index in [0.717, 1.165) is 11.5 Å². The number of aromatic nitrogens is 3. The summed E-state index contributed by atoms with van der Waals surface area (Å²) in [5.74, 6) is 0.386. The fourth-order valence-corrected chi connectivity index (χ4v) is 2.12. The largest absolute Gasteiger partial charge is 0.365 e. The smallest absolute Gasteiger partial charge is 0.254 e. The van der Waals surface area contributed by atoms with Crippen LogP contribution < -0.4 is 11.1 Å². The number of nitrogens with two attached hydrogens (primary N) is 1.